The Hall–Kier alpha value is -1.10. The molecule has 1 aliphatic heterocycles. The lowest BCUT2D eigenvalue weighted by molar-refractivity contribution is 0.0276. The number of aliphatic hydroxyl groups is 1. The fraction of sp³-hybridized carbons (Fsp3) is 0.647. The van der Waals surface area contributed by atoms with Gasteiger partial charge < -0.3 is 9.84 Å². The number of hydrogen-bond donors (Lipinski definition) is 1. The van der Waals surface area contributed by atoms with Crippen LogP contribution in [0.4, 0.5) is 0 Å². The quantitative estimate of drug-likeness (QED) is 0.921. The number of likely N-dealkylation sites (N-methyl/N-ethyl adjacent to an activating group) is 1. The summed E-state index contributed by atoms with van der Waals surface area (Å²) < 4.78 is 5.38. The van der Waals surface area contributed by atoms with E-state index in [1.54, 1.807) is 7.11 Å². The highest BCUT2D eigenvalue weighted by Gasteiger charge is 2.28. The number of piperazine rings is 1. The van der Waals surface area contributed by atoms with Crippen LogP contribution in [0.1, 0.15) is 31.1 Å². The molecule has 0 saturated carbocycles. The van der Waals surface area contributed by atoms with Crippen LogP contribution >= 0.6 is 0 Å². The van der Waals surface area contributed by atoms with E-state index < -0.39 is 6.10 Å². The molecule has 21 heavy (non-hydrogen) atoms. The summed E-state index contributed by atoms with van der Waals surface area (Å²) >= 11 is 0. The van der Waals surface area contributed by atoms with Crippen molar-refractivity contribution in [3.05, 3.63) is 29.3 Å². The van der Waals surface area contributed by atoms with Gasteiger partial charge in [-0.2, -0.15) is 0 Å². The van der Waals surface area contributed by atoms with Crippen molar-refractivity contribution in [3.63, 3.8) is 0 Å². The number of methoxy groups -OCH3 is 1. The van der Waals surface area contributed by atoms with Gasteiger partial charge in [-0.3, -0.25) is 9.80 Å². The standard InChI is InChI=1S/C17H28N2O2/c1-12-6-7-17(21-5)15(8-12)16(20)11-19-9-13(2)18(4)14(3)10-19/h6-8,13-14,16,20H,9-11H2,1-5H3. The van der Waals surface area contributed by atoms with Gasteiger partial charge in [0.25, 0.3) is 0 Å². The van der Waals surface area contributed by atoms with Crippen molar-refractivity contribution in [3.8, 4) is 5.75 Å². The number of rotatable bonds is 4. The number of nitrogens with zero attached hydrogens (tertiary/aromatic N) is 2. The maximum atomic E-state index is 10.6. The van der Waals surface area contributed by atoms with Gasteiger partial charge in [-0.05, 0) is 40.0 Å². The monoisotopic (exact) mass is 292 g/mol. The molecule has 0 amide bonds. The predicted molar refractivity (Wildman–Crippen MR) is 85.8 cm³/mol. The van der Waals surface area contributed by atoms with Crippen LogP contribution in [0.15, 0.2) is 18.2 Å². The van der Waals surface area contributed by atoms with Crippen LogP contribution in [-0.2, 0) is 0 Å². The van der Waals surface area contributed by atoms with Gasteiger partial charge in [0, 0.05) is 37.3 Å². The minimum absolute atomic E-state index is 0.511. The maximum absolute atomic E-state index is 10.6. The Bertz CT molecular complexity index is 466. The lowest BCUT2D eigenvalue weighted by Gasteiger charge is -2.43. The first kappa shape index (κ1) is 16.3. The van der Waals surface area contributed by atoms with E-state index in [0.717, 1.165) is 30.0 Å². The third kappa shape index (κ3) is 3.76. The summed E-state index contributed by atoms with van der Waals surface area (Å²) in [5.74, 6) is 0.767. The Morgan fingerprint density at radius 2 is 1.90 bits per heavy atom. The molecular weight excluding hydrogens is 264 g/mol. The van der Waals surface area contributed by atoms with Crippen molar-refractivity contribution in [1.82, 2.24) is 9.80 Å². The number of β-amino-alcohol motifs (C(OH)–C–C–N with tert-alkyl or cyclic N) is 1. The third-order valence-corrected chi connectivity index (χ3v) is 4.61. The van der Waals surface area contributed by atoms with Crippen LogP contribution in [-0.4, -0.2) is 60.8 Å². The first-order valence-corrected chi connectivity index (χ1v) is 7.69. The van der Waals surface area contributed by atoms with Crippen LogP contribution < -0.4 is 4.74 Å². The zero-order chi connectivity index (χ0) is 15.6. The van der Waals surface area contributed by atoms with E-state index in [1.165, 1.54) is 0 Å². The van der Waals surface area contributed by atoms with Crippen molar-refractivity contribution in [2.45, 2.75) is 39.0 Å². The van der Waals surface area contributed by atoms with Gasteiger partial charge >= 0.3 is 0 Å². The predicted octanol–water partition coefficient (Wildman–Crippen LogP) is 2.06. The topological polar surface area (TPSA) is 35.9 Å². The van der Waals surface area contributed by atoms with Crippen molar-refractivity contribution >= 4 is 0 Å². The van der Waals surface area contributed by atoms with E-state index in [2.05, 4.69) is 30.7 Å². The van der Waals surface area contributed by atoms with Crippen LogP contribution in [0, 0.1) is 6.92 Å². The molecule has 0 aromatic heterocycles. The first-order chi connectivity index (χ1) is 9.92. The molecule has 1 fully saturated rings. The van der Waals surface area contributed by atoms with Gasteiger partial charge in [0.2, 0.25) is 0 Å². The molecule has 3 atom stereocenters. The average Bonchev–Trinajstić information content (AvgIpc) is 2.44. The molecule has 1 aromatic carbocycles. The highest BCUT2D eigenvalue weighted by molar-refractivity contribution is 5.38. The molecule has 1 N–H and O–H groups in total. The molecule has 0 aliphatic carbocycles. The van der Waals surface area contributed by atoms with E-state index >= 15 is 0 Å². The summed E-state index contributed by atoms with van der Waals surface area (Å²) in [5.41, 5.74) is 2.03. The minimum Gasteiger partial charge on any atom is -0.496 e. The van der Waals surface area contributed by atoms with Gasteiger partial charge in [0.1, 0.15) is 5.75 Å². The smallest absolute Gasteiger partial charge is 0.124 e. The number of ether oxygens (including phenoxy) is 1. The largest absolute Gasteiger partial charge is 0.496 e. The maximum Gasteiger partial charge on any atom is 0.124 e. The fourth-order valence-corrected chi connectivity index (χ4v) is 3.12. The lowest BCUT2D eigenvalue weighted by Crippen LogP contribution is -2.55. The van der Waals surface area contributed by atoms with Gasteiger partial charge in [0.15, 0.2) is 0 Å². The summed E-state index contributed by atoms with van der Waals surface area (Å²) in [6, 6.07) is 6.99. The molecule has 2 rings (SSSR count). The molecule has 1 heterocycles. The van der Waals surface area contributed by atoms with Crippen LogP contribution in [0.5, 0.6) is 5.75 Å². The van der Waals surface area contributed by atoms with E-state index in [0.29, 0.717) is 18.6 Å². The molecular formula is C17H28N2O2. The van der Waals surface area contributed by atoms with Gasteiger partial charge in [0.05, 0.1) is 13.2 Å². The van der Waals surface area contributed by atoms with E-state index in [1.807, 2.05) is 25.1 Å². The Morgan fingerprint density at radius 1 is 1.29 bits per heavy atom. The molecule has 4 nitrogen and oxygen atoms in total. The number of aryl methyl sites for hydroxylation is 1. The molecule has 1 aliphatic rings. The average molecular weight is 292 g/mol. The van der Waals surface area contributed by atoms with Gasteiger partial charge in [-0.1, -0.05) is 11.6 Å². The summed E-state index contributed by atoms with van der Waals surface area (Å²) in [4.78, 5) is 4.75. The highest BCUT2D eigenvalue weighted by atomic mass is 16.5. The Morgan fingerprint density at radius 3 is 2.48 bits per heavy atom. The molecule has 0 radical (unpaired) electrons. The summed E-state index contributed by atoms with van der Waals surface area (Å²) in [7, 11) is 3.83. The Labute approximate surface area is 128 Å². The normalized spacial score (nSPS) is 25.8. The Kier molecular flexibility index (Phi) is 5.25. The van der Waals surface area contributed by atoms with Crippen LogP contribution in [0.3, 0.4) is 0 Å². The van der Waals surface area contributed by atoms with Gasteiger partial charge in [-0.25, -0.2) is 0 Å². The second-order valence-electron chi connectivity index (χ2n) is 6.34. The number of benzene rings is 1. The molecule has 1 saturated heterocycles. The van der Waals surface area contributed by atoms with E-state index in [4.69, 9.17) is 4.74 Å². The minimum atomic E-state index is -0.511. The SMILES string of the molecule is COc1ccc(C)cc1C(O)CN1CC(C)N(C)C(C)C1. The van der Waals surface area contributed by atoms with Gasteiger partial charge in [-0.15, -0.1) is 0 Å². The van der Waals surface area contributed by atoms with Crippen molar-refractivity contribution in [2.24, 2.45) is 0 Å². The van der Waals surface area contributed by atoms with Crippen molar-refractivity contribution in [2.75, 3.05) is 33.8 Å². The zero-order valence-electron chi connectivity index (χ0n) is 13.8. The molecule has 3 unspecified atom stereocenters. The summed E-state index contributed by atoms with van der Waals surface area (Å²) in [6.45, 7) is 9.15. The van der Waals surface area contributed by atoms with Crippen LogP contribution in [0.2, 0.25) is 0 Å². The lowest BCUT2D eigenvalue weighted by atomic mass is 10.0. The highest BCUT2D eigenvalue weighted by Crippen LogP contribution is 2.27. The number of aliphatic hydroxyl groups excluding tert-OH is 1. The van der Waals surface area contributed by atoms with E-state index in [9.17, 15) is 5.11 Å². The molecule has 4 heteroatoms. The third-order valence-electron chi connectivity index (χ3n) is 4.61. The van der Waals surface area contributed by atoms with Crippen LogP contribution in [0.25, 0.3) is 0 Å². The van der Waals surface area contributed by atoms with Crippen molar-refractivity contribution < 1.29 is 9.84 Å². The Balaban J connectivity index is 2.08. The zero-order valence-corrected chi connectivity index (χ0v) is 13.8. The molecule has 0 bridgehead atoms. The fourth-order valence-electron chi connectivity index (χ4n) is 3.12. The molecule has 0 spiro atoms. The first-order valence-electron chi connectivity index (χ1n) is 7.69. The second-order valence-corrected chi connectivity index (χ2v) is 6.34. The summed E-state index contributed by atoms with van der Waals surface area (Å²) in [5, 5.41) is 10.6. The molecule has 118 valence electrons. The summed E-state index contributed by atoms with van der Waals surface area (Å²) in [6.07, 6.45) is -0.511. The van der Waals surface area contributed by atoms with Crippen molar-refractivity contribution in [1.29, 1.82) is 0 Å². The second kappa shape index (κ2) is 6.77. The number of hydrogen-bond acceptors (Lipinski definition) is 4. The molecule has 1 aromatic rings. The van der Waals surface area contributed by atoms with E-state index in [-0.39, 0.29) is 0 Å².